The first-order valence-electron chi connectivity index (χ1n) is 7.25. The largest absolute Gasteiger partial charge is 0.339 e. The molecule has 0 heterocycles. The van der Waals surface area contributed by atoms with Crippen LogP contribution in [0.5, 0.6) is 0 Å². The zero-order valence-corrected chi connectivity index (χ0v) is 12.6. The van der Waals surface area contributed by atoms with Crippen molar-refractivity contribution in [1.29, 1.82) is 5.26 Å². The van der Waals surface area contributed by atoms with Crippen molar-refractivity contribution in [2.45, 2.75) is 72.8 Å². The molecule has 0 spiro atoms. The van der Waals surface area contributed by atoms with Gasteiger partial charge in [0.05, 0.1) is 6.07 Å². The quantitative estimate of drug-likeness (QED) is 0.660. The van der Waals surface area contributed by atoms with Crippen molar-refractivity contribution in [2.24, 2.45) is 5.41 Å². The molecular formula is C15H28N2O. The third-order valence-electron chi connectivity index (χ3n) is 3.70. The Kier molecular flexibility index (Phi) is 7.66. The fourth-order valence-corrected chi connectivity index (χ4v) is 2.50. The van der Waals surface area contributed by atoms with Crippen LogP contribution in [-0.2, 0) is 4.79 Å². The molecule has 1 unspecified atom stereocenters. The minimum absolute atomic E-state index is 0.0329. The maximum absolute atomic E-state index is 12.7. The Bertz CT molecular complexity index is 287. The lowest BCUT2D eigenvalue weighted by Gasteiger charge is -2.35. The molecule has 0 aliphatic heterocycles. The highest BCUT2D eigenvalue weighted by atomic mass is 16.2. The second-order valence-corrected chi connectivity index (χ2v) is 5.04. The first-order valence-corrected chi connectivity index (χ1v) is 7.25. The summed E-state index contributed by atoms with van der Waals surface area (Å²) in [7, 11) is 0. The van der Waals surface area contributed by atoms with Crippen LogP contribution < -0.4 is 0 Å². The van der Waals surface area contributed by atoms with Gasteiger partial charge >= 0.3 is 0 Å². The molecule has 0 fully saturated rings. The van der Waals surface area contributed by atoms with Crippen LogP contribution in [0.25, 0.3) is 0 Å². The van der Waals surface area contributed by atoms with Crippen molar-refractivity contribution < 1.29 is 4.79 Å². The highest BCUT2D eigenvalue weighted by Crippen LogP contribution is 2.32. The summed E-state index contributed by atoms with van der Waals surface area (Å²) in [4.78, 5) is 14.6. The first kappa shape index (κ1) is 17.0. The Morgan fingerprint density at radius 3 is 2.00 bits per heavy atom. The van der Waals surface area contributed by atoms with Gasteiger partial charge in [-0.05, 0) is 33.1 Å². The molecule has 1 atom stereocenters. The zero-order valence-electron chi connectivity index (χ0n) is 12.6. The molecule has 0 saturated carbocycles. The number of carbonyl (C=O) groups is 1. The Hall–Kier alpha value is -1.04. The molecule has 3 heteroatoms. The molecule has 0 aromatic rings. The minimum Gasteiger partial charge on any atom is -0.339 e. The van der Waals surface area contributed by atoms with E-state index in [1.165, 1.54) is 0 Å². The van der Waals surface area contributed by atoms with Gasteiger partial charge in [0, 0.05) is 12.6 Å². The molecule has 0 rings (SSSR count). The predicted molar refractivity (Wildman–Crippen MR) is 75.0 cm³/mol. The van der Waals surface area contributed by atoms with Crippen LogP contribution in [0.15, 0.2) is 0 Å². The van der Waals surface area contributed by atoms with Crippen molar-refractivity contribution >= 4 is 5.91 Å². The van der Waals surface area contributed by atoms with E-state index in [2.05, 4.69) is 19.9 Å². The van der Waals surface area contributed by atoms with E-state index >= 15 is 0 Å². The van der Waals surface area contributed by atoms with E-state index < -0.39 is 5.41 Å². The normalized spacial score (nSPS) is 12.9. The molecule has 18 heavy (non-hydrogen) atoms. The lowest BCUT2D eigenvalue weighted by Crippen LogP contribution is -2.47. The van der Waals surface area contributed by atoms with E-state index in [4.69, 9.17) is 0 Å². The van der Waals surface area contributed by atoms with Crippen LogP contribution in [0, 0.1) is 16.7 Å². The summed E-state index contributed by atoms with van der Waals surface area (Å²) in [6, 6.07) is 2.53. The Morgan fingerprint density at radius 1 is 1.22 bits per heavy atom. The first-order chi connectivity index (χ1) is 8.52. The molecular weight excluding hydrogens is 224 g/mol. The lowest BCUT2D eigenvalue weighted by atomic mass is 9.79. The van der Waals surface area contributed by atoms with E-state index in [0.717, 1.165) is 19.3 Å². The van der Waals surface area contributed by atoms with Gasteiger partial charge in [-0.2, -0.15) is 5.26 Å². The molecule has 1 amide bonds. The molecule has 0 aromatic carbocycles. The number of amides is 1. The molecule has 0 N–H and O–H groups in total. The second-order valence-electron chi connectivity index (χ2n) is 5.04. The maximum atomic E-state index is 12.7. The van der Waals surface area contributed by atoms with Crippen LogP contribution >= 0.6 is 0 Å². The average Bonchev–Trinajstić information content (AvgIpc) is 2.38. The van der Waals surface area contributed by atoms with Crippen molar-refractivity contribution in [3.63, 3.8) is 0 Å². The second kappa shape index (κ2) is 8.13. The Morgan fingerprint density at radius 2 is 1.72 bits per heavy atom. The minimum atomic E-state index is -0.803. The van der Waals surface area contributed by atoms with E-state index in [1.807, 2.05) is 25.7 Å². The van der Waals surface area contributed by atoms with Crippen molar-refractivity contribution in [1.82, 2.24) is 4.90 Å². The van der Waals surface area contributed by atoms with Crippen LogP contribution in [0.1, 0.15) is 66.7 Å². The maximum Gasteiger partial charge on any atom is 0.243 e. The van der Waals surface area contributed by atoms with Crippen LogP contribution in [-0.4, -0.2) is 23.4 Å². The standard InChI is InChI=1S/C15H28N2O/c1-6-10-15(12-16,11-7-2)14(18)17(9-4)13(5)8-3/h13H,6-11H2,1-5H3. The summed E-state index contributed by atoms with van der Waals surface area (Å²) in [5.74, 6) is 0.0329. The molecule has 0 saturated heterocycles. The van der Waals surface area contributed by atoms with Gasteiger partial charge in [-0.1, -0.05) is 33.6 Å². The fourth-order valence-electron chi connectivity index (χ4n) is 2.50. The number of nitrogens with zero attached hydrogens (tertiary/aromatic N) is 2. The number of hydrogen-bond donors (Lipinski definition) is 0. The van der Waals surface area contributed by atoms with Crippen LogP contribution in [0.2, 0.25) is 0 Å². The van der Waals surface area contributed by atoms with Gasteiger partial charge in [0.1, 0.15) is 5.41 Å². The molecule has 0 bridgehead atoms. The lowest BCUT2D eigenvalue weighted by molar-refractivity contribution is -0.141. The monoisotopic (exact) mass is 252 g/mol. The molecule has 0 radical (unpaired) electrons. The summed E-state index contributed by atoms with van der Waals surface area (Å²) >= 11 is 0. The SMILES string of the molecule is CCCC(C#N)(CCC)C(=O)N(CC)C(C)CC. The zero-order chi connectivity index (χ0) is 14.2. The van der Waals surface area contributed by atoms with Crippen LogP contribution in [0.4, 0.5) is 0 Å². The average molecular weight is 252 g/mol. The van der Waals surface area contributed by atoms with Gasteiger partial charge in [-0.15, -0.1) is 0 Å². The number of carbonyl (C=O) groups excluding carboxylic acids is 1. The third kappa shape index (κ3) is 3.73. The molecule has 0 aromatic heterocycles. The van der Waals surface area contributed by atoms with E-state index in [0.29, 0.717) is 19.4 Å². The van der Waals surface area contributed by atoms with Gasteiger partial charge in [-0.3, -0.25) is 4.79 Å². The van der Waals surface area contributed by atoms with Crippen LogP contribution in [0.3, 0.4) is 0 Å². The smallest absolute Gasteiger partial charge is 0.243 e. The van der Waals surface area contributed by atoms with Gasteiger partial charge in [-0.25, -0.2) is 0 Å². The molecule has 0 aliphatic rings. The van der Waals surface area contributed by atoms with Crippen molar-refractivity contribution in [3.05, 3.63) is 0 Å². The number of rotatable bonds is 8. The number of hydrogen-bond acceptors (Lipinski definition) is 2. The Balaban J connectivity index is 5.21. The summed E-state index contributed by atoms with van der Waals surface area (Å²) in [5, 5.41) is 9.51. The van der Waals surface area contributed by atoms with Crippen molar-refractivity contribution in [2.75, 3.05) is 6.54 Å². The molecule has 104 valence electrons. The number of nitriles is 1. The predicted octanol–water partition coefficient (Wildman–Crippen LogP) is 3.74. The fraction of sp³-hybridized carbons (Fsp3) is 0.867. The van der Waals surface area contributed by atoms with E-state index in [-0.39, 0.29) is 11.9 Å². The summed E-state index contributed by atoms with van der Waals surface area (Å²) < 4.78 is 0. The topological polar surface area (TPSA) is 44.1 Å². The van der Waals surface area contributed by atoms with Gasteiger partial charge in [0.15, 0.2) is 0 Å². The van der Waals surface area contributed by atoms with E-state index in [1.54, 1.807) is 0 Å². The summed E-state index contributed by atoms with van der Waals surface area (Å²) in [6.45, 7) is 10.9. The molecule has 3 nitrogen and oxygen atoms in total. The van der Waals surface area contributed by atoms with Crippen molar-refractivity contribution in [3.8, 4) is 6.07 Å². The highest BCUT2D eigenvalue weighted by Gasteiger charge is 2.40. The summed E-state index contributed by atoms with van der Waals surface area (Å²) in [5.41, 5.74) is -0.803. The van der Waals surface area contributed by atoms with Gasteiger partial charge in [0.25, 0.3) is 0 Å². The third-order valence-corrected chi connectivity index (χ3v) is 3.70. The van der Waals surface area contributed by atoms with Gasteiger partial charge in [0.2, 0.25) is 5.91 Å². The molecule has 0 aliphatic carbocycles. The summed E-state index contributed by atoms with van der Waals surface area (Å²) in [6.07, 6.45) is 4.01. The highest BCUT2D eigenvalue weighted by molar-refractivity contribution is 5.85. The Labute approximate surface area is 112 Å². The van der Waals surface area contributed by atoms with Gasteiger partial charge < -0.3 is 4.90 Å². The van der Waals surface area contributed by atoms with E-state index in [9.17, 15) is 10.1 Å².